The number of hydrogen-bond donors (Lipinski definition) is 2. The van der Waals surface area contributed by atoms with Crippen LogP contribution in [0, 0.1) is 0 Å². The highest BCUT2D eigenvalue weighted by molar-refractivity contribution is 7.98. The summed E-state index contributed by atoms with van der Waals surface area (Å²) in [5.74, 6) is 0.883. The summed E-state index contributed by atoms with van der Waals surface area (Å²) in [5.41, 5.74) is 0.986. The van der Waals surface area contributed by atoms with Gasteiger partial charge in [0.2, 0.25) is 5.91 Å². The number of aromatic nitrogens is 2. The third-order valence-corrected chi connectivity index (χ3v) is 5.91. The number of furan rings is 1. The maximum Gasteiger partial charge on any atom is 0.287 e. The number of aryl methyl sites for hydroxylation is 1. The van der Waals surface area contributed by atoms with Gasteiger partial charge in [0.15, 0.2) is 10.9 Å². The fourth-order valence-corrected chi connectivity index (χ4v) is 3.85. The van der Waals surface area contributed by atoms with Crippen molar-refractivity contribution in [2.75, 3.05) is 0 Å². The van der Waals surface area contributed by atoms with E-state index in [0.29, 0.717) is 17.9 Å². The van der Waals surface area contributed by atoms with E-state index in [9.17, 15) is 9.59 Å². The number of amides is 2. The summed E-state index contributed by atoms with van der Waals surface area (Å²) in [7, 11) is 1.93. The fourth-order valence-electron chi connectivity index (χ4n) is 3.02. The first-order valence-electron chi connectivity index (χ1n) is 9.92. The van der Waals surface area contributed by atoms with Gasteiger partial charge in [0.1, 0.15) is 11.8 Å². The summed E-state index contributed by atoms with van der Waals surface area (Å²) in [6, 6.07) is 12.7. The van der Waals surface area contributed by atoms with E-state index in [4.69, 9.17) is 4.42 Å². The monoisotopic (exact) mass is 424 g/mol. The third kappa shape index (κ3) is 5.33. The van der Waals surface area contributed by atoms with Crippen molar-refractivity contribution < 1.29 is 14.0 Å². The molecule has 1 aliphatic rings. The Morgan fingerprint density at radius 2 is 2.03 bits per heavy atom. The van der Waals surface area contributed by atoms with Gasteiger partial charge < -0.3 is 19.6 Å². The largest absolute Gasteiger partial charge is 0.455 e. The molecule has 4 rings (SSSR count). The number of imidazole rings is 1. The van der Waals surface area contributed by atoms with E-state index in [-0.39, 0.29) is 17.7 Å². The van der Waals surface area contributed by atoms with Gasteiger partial charge in [-0.15, -0.1) is 0 Å². The minimum atomic E-state index is -0.656. The second kappa shape index (κ2) is 9.21. The molecular weight excluding hydrogens is 400 g/mol. The number of benzene rings is 1. The maximum absolute atomic E-state index is 12.7. The van der Waals surface area contributed by atoms with Crippen LogP contribution < -0.4 is 10.6 Å². The minimum absolute atomic E-state index is 0.160. The maximum atomic E-state index is 12.7. The minimum Gasteiger partial charge on any atom is -0.455 e. The molecule has 1 aliphatic carbocycles. The van der Waals surface area contributed by atoms with Crippen molar-refractivity contribution >= 4 is 23.6 Å². The van der Waals surface area contributed by atoms with Gasteiger partial charge in [-0.1, -0.05) is 42.1 Å². The summed E-state index contributed by atoms with van der Waals surface area (Å²) >= 11 is 1.53. The molecule has 2 heterocycles. The average Bonchev–Trinajstić information content (AvgIpc) is 3.26. The van der Waals surface area contributed by atoms with Crippen molar-refractivity contribution in [2.45, 2.75) is 42.3 Å². The van der Waals surface area contributed by atoms with Gasteiger partial charge in [-0.05, 0) is 30.5 Å². The van der Waals surface area contributed by atoms with Crippen LogP contribution in [0.5, 0.6) is 0 Å². The zero-order valence-corrected chi connectivity index (χ0v) is 17.5. The van der Waals surface area contributed by atoms with Crippen molar-refractivity contribution in [3.8, 4) is 0 Å². The van der Waals surface area contributed by atoms with Crippen LogP contribution in [-0.2, 0) is 24.0 Å². The molecule has 1 unspecified atom stereocenters. The van der Waals surface area contributed by atoms with Crippen LogP contribution in [0.2, 0.25) is 0 Å². The zero-order valence-electron chi connectivity index (χ0n) is 16.7. The quantitative estimate of drug-likeness (QED) is 0.516. The molecule has 0 aliphatic heterocycles. The molecule has 156 valence electrons. The lowest BCUT2D eigenvalue weighted by Crippen LogP contribution is -2.48. The van der Waals surface area contributed by atoms with Crippen LogP contribution in [0.25, 0.3) is 0 Å². The molecule has 1 aromatic carbocycles. The van der Waals surface area contributed by atoms with Gasteiger partial charge >= 0.3 is 0 Å². The van der Waals surface area contributed by atoms with Crippen molar-refractivity contribution in [3.05, 3.63) is 71.9 Å². The van der Waals surface area contributed by atoms with Gasteiger partial charge in [0.05, 0.1) is 5.75 Å². The van der Waals surface area contributed by atoms with Crippen molar-refractivity contribution in [1.82, 2.24) is 20.2 Å². The predicted octanol–water partition coefficient (Wildman–Crippen LogP) is 2.93. The average molecular weight is 425 g/mol. The molecule has 3 aromatic rings. The Morgan fingerprint density at radius 1 is 1.23 bits per heavy atom. The summed E-state index contributed by atoms with van der Waals surface area (Å²) in [5, 5.41) is 6.69. The molecule has 2 N–H and O–H groups in total. The molecule has 8 heteroatoms. The Bertz CT molecular complexity index is 1010. The molecule has 0 bridgehead atoms. The summed E-state index contributed by atoms with van der Waals surface area (Å²) in [6.45, 7) is 0. The topological polar surface area (TPSA) is 89.2 Å². The number of carbonyl (C=O) groups is 2. The first-order valence-corrected chi connectivity index (χ1v) is 10.9. The van der Waals surface area contributed by atoms with Crippen LogP contribution in [-0.4, -0.2) is 33.4 Å². The van der Waals surface area contributed by atoms with Crippen molar-refractivity contribution in [1.29, 1.82) is 0 Å². The Labute approximate surface area is 179 Å². The smallest absolute Gasteiger partial charge is 0.287 e. The Kier molecular flexibility index (Phi) is 6.23. The van der Waals surface area contributed by atoms with E-state index in [1.54, 1.807) is 18.3 Å². The zero-order chi connectivity index (χ0) is 20.9. The Balaban J connectivity index is 1.39. The molecule has 0 spiro atoms. The van der Waals surface area contributed by atoms with Gasteiger partial charge in [-0.25, -0.2) is 4.98 Å². The van der Waals surface area contributed by atoms with Crippen LogP contribution in [0.1, 0.15) is 34.7 Å². The van der Waals surface area contributed by atoms with E-state index < -0.39 is 11.9 Å². The number of nitrogens with zero attached hydrogens (tertiary/aromatic N) is 2. The molecule has 1 atom stereocenters. The second-order valence-corrected chi connectivity index (χ2v) is 8.32. The van der Waals surface area contributed by atoms with Crippen LogP contribution in [0.15, 0.2) is 64.4 Å². The fraction of sp³-hybridized carbons (Fsp3) is 0.318. The highest BCUT2D eigenvalue weighted by atomic mass is 32.2. The van der Waals surface area contributed by atoms with Gasteiger partial charge in [-0.2, -0.15) is 0 Å². The molecule has 0 saturated heterocycles. The second-order valence-electron chi connectivity index (χ2n) is 7.37. The lowest BCUT2D eigenvalue weighted by molar-refractivity contribution is -0.123. The van der Waals surface area contributed by atoms with Crippen LogP contribution in [0.3, 0.4) is 0 Å². The summed E-state index contributed by atoms with van der Waals surface area (Å²) in [4.78, 5) is 29.7. The standard InChI is InChI=1S/C22H24N4O3S/c1-26-12-11-23-22(26)30-14-17-9-10-19(29-17)21(28)25-18(20(27)24-16-7-8-16)13-15-5-3-2-4-6-15/h2-6,9-12,16,18H,7-8,13-14H2,1H3,(H,24,27)(H,25,28). The SMILES string of the molecule is Cn1ccnc1SCc1ccc(C(=O)NC(Cc2ccccc2)C(=O)NC2CC2)o1. The molecular formula is C22H24N4O3S. The lowest BCUT2D eigenvalue weighted by atomic mass is 10.1. The van der Waals surface area contributed by atoms with E-state index in [1.807, 2.05) is 48.1 Å². The van der Waals surface area contributed by atoms with Gasteiger partial charge in [0, 0.05) is 31.9 Å². The van der Waals surface area contributed by atoms with Crippen LogP contribution in [0.4, 0.5) is 0 Å². The van der Waals surface area contributed by atoms with Crippen molar-refractivity contribution in [3.63, 3.8) is 0 Å². The number of rotatable bonds is 9. The molecule has 0 radical (unpaired) electrons. The molecule has 30 heavy (non-hydrogen) atoms. The number of nitrogens with one attached hydrogen (secondary N) is 2. The highest BCUT2D eigenvalue weighted by Gasteiger charge is 2.29. The number of thioether (sulfide) groups is 1. The first kappa shape index (κ1) is 20.3. The number of hydrogen-bond acceptors (Lipinski definition) is 5. The van der Waals surface area contributed by atoms with E-state index in [1.165, 1.54) is 11.8 Å². The summed E-state index contributed by atoms with van der Waals surface area (Å²) in [6.07, 6.45) is 6.03. The molecule has 1 saturated carbocycles. The third-order valence-electron chi connectivity index (χ3n) is 4.83. The summed E-state index contributed by atoms with van der Waals surface area (Å²) < 4.78 is 7.63. The first-order chi connectivity index (χ1) is 14.6. The Morgan fingerprint density at radius 3 is 2.73 bits per heavy atom. The predicted molar refractivity (Wildman–Crippen MR) is 114 cm³/mol. The Hall–Kier alpha value is -3.00. The van der Waals surface area contributed by atoms with E-state index >= 15 is 0 Å². The lowest BCUT2D eigenvalue weighted by Gasteiger charge is -2.18. The molecule has 2 aromatic heterocycles. The van der Waals surface area contributed by atoms with Crippen LogP contribution >= 0.6 is 11.8 Å². The van der Waals surface area contributed by atoms with Crippen molar-refractivity contribution in [2.24, 2.45) is 7.05 Å². The molecule has 2 amide bonds. The molecule has 1 fully saturated rings. The number of carbonyl (C=O) groups excluding carboxylic acids is 2. The highest BCUT2D eigenvalue weighted by Crippen LogP contribution is 2.22. The van der Waals surface area contributed by atoms with Gasteiger partial charge in [0.25, 0.3) is 5.91 Å². The van der Waals surface area contributed by atoms with E-state index in [0.717, 1.165) is 23.6 Å². The molecule has 7 nitrogen and oxygen atoms in total. The normalized spacial score (nSPS) is 14.3. The van der Waals surface area contributed by atoms with E-state index in [2.05, 4.69) is 15.6 Å². The van der Waals surface area contributed by atoms with Gasteiger partial charge in [-0.3, -0.25) is 9.59 Å².